The molecule has 6 nitrogen and oxygen atoms in total. The molecule has 1 aliphatic heterocycles. The van der Waals surface area contributed by atoms with Gasteiger partial charge < -0.3 is 20.3 Å². The van der Waals surface area contributed by atoms with Crippen LogP contribution in [-0.4, -0.2) is 49.5 Å². The number of nitrogens with two attached hydrogens (primary N) is 1. The summed E-state index contributed by atoms with van der Waals surface area (Å²) >= 11 is 0. The Morgan fingerprint density at radius 1 is 1.07 bits per heavy atom. The molecule has 30 heavy (non-hydrogen) atoms. The highest BCUT2D eigenvalue weighted by molar-refractivity contribution is 5.95. The zero-order chi connectivity index (χ0) is 21.7. The molecule has 0 saturated carbocycles. The summed E-state index contributed by atoms with van der Waals surface area (Å²) in [6, 6.07) is 11.8. The Morgan fingerprint density at radius 2 is 1.77 bits per heavy atom. The van der Waals surface area contributed by atoms with E-state index in [9.17, 15) is 22.8 Å². The fourth-order valence-electron chi connectivity index (χ4n) is 3.42. The second-order valence-electron chi connectivity index (χ2n) is 7.15. The van der Waals surface area contributed by atoms with Crippen molar-refractivity contribution in [1.82, 2.24) is 4.90 Å². The lowest BCUT2D eigenvalue weighted by Gasteiger charge is -2.32. The number of quaternary nitrogens is 1. The zero-order valence-electron chi connectivity index (χ0n) is 16.2. The second kappa shape index (κ2) is 9.17. The van der Waals surface area contributed by atoms with Crippen LogP contribution in [0.1, 0.15) is 21.5 Å². The first-order valence-corrected chi connectivity index (χ1v) is 9.53. The molecule has 0 spiro atoms. The monoisotopic (exact) mass is 422 g/mol. The predicted octanol–water partition coefficient (Wildman–Crippen LogP) is 1.11. The molecular formula is C21H23F3N3O3+. The molecule has 3 rings (SSSR count). The van der Waals surface area contributed by atoms with Gasteiger partial charge >= 0.3 is 6.18 Å². The molecule has 0 aromatic heterocycles. The number of halogens is 3. The molecule has 1 heterocycles. The summed E-state index contributed by atoms with van der Waals surface area (Å²) in [7, 11) is 0. The lowest BCUT2D eigenvalue weighted by molar-refractivity contribution is -0.917. The fraction of sp³-hybridized carbons (Fsp3) is 0.333. The summed E-state index contributed by atoms with van der Waals surface area (Å²) in [6.07, 6.45) is -4.36. The van der Waals surface area contributed by atoms with Crippen LogP contribution in [0.2, 0.25) is 0 Å². The summed E-state index contributed by atoms with van der Waals surface area (Å²) in [6.45, 7) is 2.46. The first-order valence-electron chi connectivity index (χ1n) is 9.53. The van der Waals surface area contributed by atoms with Crippen LogP contribution in [0, 0.1) is 0 Å². The van der Waals surface area contributed by atoms with E-state index in [0.29, 0.717) is 38.3 Å². The molecule has 0 unspecified atom stereocenters. The van der Waals surface area contributed by atoms with Crippen molar-refractivity contribution in [3.63, 3.8) is 0 Å². The maximum atomic E-state index is 12.9. The van der Waals surface area contributed by atoms with Gasteiger partial charge in [0.15, 0.2) is 6.61 Å². The largest absolute Gasteiger partial charge is 0.483 e. The van der Waals surface area contributed by atoms with Crippen LogP contribution in [0.3, 0.4) is 0 Å². The molecule has 160 valence electrons. The molecule has 0 bridgehead atoms. The van der Waals surface area contributed by atoms with E-state index >= 15 is 0 Å². The first-order chi connectivity index (χ1) is 14.2. The molecule has 0 aliphatic carbocycles. The van der Waals surface area contributed by atoms with Gasteiger partial charge in [-0.25, -0.2) is 0 Å². The Kier molecular flexibility index (Phi) is 6.61. The number of alkyl halides is 3. The molecule has 2 aromatic carbocycles. The van der Waals surface area contributed by atoms with E-state index in [2.05, 4.69) is 0 Å². The third-order valence-corrected chi connectivity index (χ3v) is 5.04. The number of para-hydroxylation sites is 1. The number of carbonyl (C=O) groups excluding carboxylic acids is 2. The summed E-state index contributed by atoms with van der Waals surface area (Å²) in [5, 5.41) is 0. The van der Waals surface area contributed by atoms with Crippen LogP contribution in [0.5, 0.6) is 5.75 Å². The van der Waals surface area contributed by atoms with Crippen molar-refractivity contribution in [3.05, 3.63) is 65.2 Å². The van der Waals surface area contributed by atoms with Crippen molar-refractivity contribution in [2.24, 2.45) is 5.73 Å². The number of amides is 2. The summed E-state index contributed by atoms with van der Waals surface area (Å²) < 4.78 is 44.1. The van der Waals surface area contributed by atoms with Gasteiger partial charge in [0.2, 0.25) is 0 Å². The molecule has 1 saturated heterocycles. The Bertz CT molecular complexity index is 910. The number of hydrogen-bond acceptors (Lipinski definition) is 3. The highest BCUT2D eigenvalue weighted by atomic mass is 19.4. The average Bonchev–Trinajstić information content (AvgIpc) is 2.72. The summed E-state index contributed by atoms with van der Waals surface area (Å²) in [5.74, 6) is -0.593. The van der Waals surface area contributed by atoms with Crippen molar-refractivity contribution < 1.29 is 32.4 Å². The van der Waals surface area contributed by atoms with E-state index in [4.69, 9.17) is 10.5 Å². The lowest BCUT2D eigenvalue weighted by Crippen LogP contribution is -3.13. The molecule has 9 heteroatoms. The summed E-state index contributed by atoms with van der Waals surface area (Å²) in [4.78, 5) is 26.6. The molecule has 1 fully saturated rings. The quantitative estimate of drug-likeness (QED) is 0.732. The van der Waals surface area contributed by atoms with Crippen LogP contribution in [0.4, 0.5) is 13.2 Å². The Balaban J connectivity index is 1.50. The van der Waals surface area contributed by atoms with Crippen LogP contribution in [0.15, 0.2) is 48.5 Å². The number of nitrogens with one attached hydrogen (secondary N) is 1. The number of piperazine rings is 1. The van der Waals surface area contributed by atoms with Crippen molar-refractivity contribution in [3.8, 4) is 5.75 Å². The summed E-state index contributed by atoms with van der Waals surface area (Å²) in [5.41, 5.74) is 5.47. The van der Waals surface area contributed by atoms with Crippen LogP contribution in [-0.2, 0) is 17.5 Å². The van der Waals surface area contributed by atoms with E-state index in [0.717, 1.165) is 11.0 Å². The number of benzene rings is 2. The second-order valence-corrected chi connectivity index (χ2v) is 7.15. The van der Waals surface area contributed by atoms with Gasteiger partial charge in [-0.2, -0.15) is 13.2 Å². The standard InChI is InChI=1S/C21H22F3N3O3/c22-21(23,24)16-5-3-4-15(12-16)13-26-8-10-27(11-9-26)19(28)14-30-18-7-2-1-6-17(18)20(25)29/h1-7,12H,8-11,13-14H2,(H2,25,29)/p+1. The normalized spacial score (nSPS) is 15.1. The van der Waals surface area contributed by atoms with E-state index in [1.54, 1.807) is 29.2 Å². The topological polar surface area (TPSA) is 77.1 Å². The Morgan fingerprint density at radius 3 is 2.43 bits per heavy atom. The lowest BCUT2D eigenvalue weighted by atomic mass is 10.1. The van der Waals surface area contributed by atoms with Gasteiger partial charge in [-0.15, -0.1) is 0 Å². The van der Waals surface area contributed by atoms with Gasteiger partial charge in [-0.1, -0.05) is 24.3 Å². The minimum Gasteiger partial charge on any atom is -0.483 e. The maximum Gasteiger partial charge on any atom is 0.416 e. The van der Waals surface area contributed by atoms with Gasteiger partial charge in [-0.3, -0.25) is 9.59 Å². The molecule has 0 radical (unpaired) electrons. The zero-order valence-corrected chi connectivity index (χ0v) is 16.2. The van der Waals surface area contributed by atoms with Crippen LogP contribution >= 0.6 is 0 Å². The highest BCUT2D eigenvalue weighted by Crippen LogP contribution is 2.29. The van der Waals surface area contributed by atoms with E-state index < -0.39 is 17.6 Å². The fourth-order valence-corrected chi connectivity index (χ4v) is 3.42. The number of rotatable bonds is 6. The minimum atomic E-state index is -4.36. The van der Waals surface area contributed by atoms with Crippen molar-refractivity contribution in [1.29, 1.82) is 0 Å². The smallest absolute Gasteiger partial charge is 0.416 e. The van der Waals surface area contributed by atoms with Gasteiger partial charge in [0.05, 0.1) is 37.3 Å². The molecule has 3 N–H and O–H groups in total. The molecule has 1 aliphatic rings. The third-order valence-electron chi connectivity index (χ3n) is 5.04. The minimum absolute atomic E-state index is 0.209. The van der Waals surface area contributed by atoms with E-state index in [1.165, 1.54) is 18.2 Å². The van der Waals surface area contributed by atoms with Gasteiger partial charge in [0.25, 0.3) is 11.8 Å². The maximum absolute atomic E-state index is 12.9. The average molecular weight is 422 g/mol. The number of carbonyl (C=O) groups is 2. The van der Waals surface area contributed by atoms with E-state index in [-0.39, 0.29) is 23.8 Å². The SMILES string of the molecule is NC(=O)c1ccccc1OCC(=O)N1CC[NH+](Cc2cccc(C(F)(F)F)c2)CC1. The van der Waals surface area contributed by atoms with Crippen molar-refractivity contribution in [2.75, 3.05) is 32.8 Å². The highest BCUT2D eigenvalue weighted by Gasteiger charge is 2.31. The Labute approximate surface area is 172 Å². The van der Waals surface area contributed by atoms with Gasteiger partial charge in [0.1, 0.15) is 12.3 Å². The molecule has 0 atom stereocenters. The predicted molar refractivity (Wildman–Crippen MR) is 103 cm³/mol. The Hall–Kier alpha value is -3.07. The molecule has 2 amide bonds. The number of primary amides is 1. The molecule has 2 aromatic rings. The van der Waals surface area contributed by atoms with Crippen LogP contribution in [0.25, 0.3) is 0 Å². The number of ether oxygens (including phenoxy) is 1. The van der Waals surface area contributed by atoms with E-state index in [1.807, 2.05) is 0 Å². The first kappa shape index (κ1) is 21.6. The third kappa shape index (κ3) is 5.50. The van der Waals surface area contributed by atoms with Gasteiger partial charge in [0, 0.05) is 5.56 Å². The molecular weight excluding hydrogens is 399 g/mol. The number of hydrogen-bond donors (Lipinski definition) is 2. The number of nitrogens with zero attached hydrogens (tertiary/aromatic N) is 1. The van der Waals surface area contributed by atoms with Gasteiger partial charge in [-0.05, 0) is 24.3 Å². The van der Waals surface area contributed by atoms with Crippen molar-refractivity contribution >= 4 is 11.8 Å². The van der Waals surface area contributed by atoms with Crippen LogP contribution < -0.4 is 15.4 Å². The van der Waals surface area contributed by atoms with Crippen molar-refractivity contribution in [2.45, 2.75) is 12.7 Å².